The molecule has 18 nitrogen and oxygen atoms in total. The highest BCUT2D eigenvalue weighted by Gasteiger charge is 2.53. The second kappa shape index (κ2) is 10.9. The zero-order valence-electron chi connectivity index (χ0n) is 22.2. The zero-order valence-corrected chi connectivity index (χ0v) is 24.8. The third kappa shape index (κ3) is 5.16. The van der Waals surface area contributed by atoms with Gasteiger partial charge in [-0.15, -0.1) is 0 Å². The van der Waals surface area contributed by atoms with E-state index in [0.717, 1.165) is 6.33 Å². The number of hydrogen-bond acceptors (Lipinski definition) is 15. The number of imidazole rings is 2. The third-order valence-electron chi connectivity index (χ3n) is 7.73. The van der Waals surface area contributed by atoms with Crippen molar-refractivity contribution in [3.05, 3.63) is 25.3 Å². The molecule has 10 unspecified atom stereocenters. The number of phosphoric acid groups is 1. The van der Waals surface area contributed by atoms with Crippen LogP contribution >= 0.6 is 14.5 Å². The van der Waals surface area contributed by atoms with Crippen LogP contribution in [0.25, 0.3) is 22.3 Å². The number of phosphoric ester groups is 1. The number of halogens is 2. The Morgan fingerprint density at radius 2 is 1.50 bits per heavy atom. The maximum atomic E-state index is 16.0. The average Bonchev–Trinajstić information content (AvgIpc) is 3.73. The summed E-state index contributed by atoms with van der Waals surface area (Å²) in [7, 11) is -4.99. The molecule has 2 saturated heterocycles. The van der Waals surface area contributed by atoms with Crippen LogP contribution in [-0.4, -0.2) is 92.7 Å². The molecule has 44 heavy (non-hydrogen) atoms. The van der Waals surface area contributed by atoms with Gasteiger partial charge in [0.1, 0.15) is 48.2 Å². The van der Waals surface area contributed by atoms with Gasteiger partial charge in [-0.3, -0.25) is 13.6 Å². The lowest BCUT2D eigenvalue weighted by atomic mass is 10.1. The van der Waals surface area contributed by atoms with Gasteiger partial charge in [-0.05, 0) is 18.2 Å². The lowest BCUT2D eigenvalue weighted by molar-refractivity contribution is -0.0505. The minimum absolute atomic E-state index is 0.0296. The number of aromatic nitrogens is 8. The zero-order chi connectivity index (χ0) is 31.0. The Balaban J connectivity index is 1.17. The number of ether oxygens (including phenoxy) is 1. The lowest BCUT2D eigenvalue weighted by Gasteiger charge is -2.29. The molecule has 23 heteroatoms. The predicted octanol–water partition coefficient (Wildman–Crippen LogP) is 1.10. The fourth-order valence-corrected chi connectivity index (χ4v) is 8.17. The van der Waals surface area contributed by atoms with Crippen LogP contribution in [0.1, 0.15) is 18.7 Å². The maximum Gasteiger partial charge on any atom is 0.472 e. The highest BCUT2D eigenvalue weighted by molar-refractivity contribution is 8.07. The number of hydrogen-bond donors (Lipinski definition) is 4. The van der Waals surface area contributed by atoms with Crippen molar-refractivity contribution in [1.29, 1.82) is 0 Å². The molecular formula is C21H24F2N10O8P2S. The Hall–Kier alpha value is -2.84. The second-order valence-corrected chi connectivity index (χ2v) is 14.5. The van der Waals surface area contributed by atoms with Crippen molar-refractivity contribution >= 4 is 60.3 Å². The van der Waals surface area contributed by atoms with Gasteiger partial charge in [0.05, 0.1) is 31.9 Å². The lowest BCUT2D eigenvalue weighted by Crippen LogP contribution is -2.35. The fourth-order valence-electron chi connectivity index (χ4n) is 5.70. The Bertz CT molecular complexity index is 1710. The van der Waals surface area contributed by atoms with E-state index in [1.807, 2.05) is 0 Å². The third-order valence-corrected chi connectivity index (χ3v) is 10.3. The first-order valence-corrected chi connectivity index (χ1v) is 17.1. The summed E-state index contributed by atoms with van der Waals surface area (Å²) in [4.78, 5) is 45.7. The van der Waals surface area contributed by atoms with Crippen LogP contribution in [0.4, 0.5) is 20.4 Å². The summed E-state index contributed by atoms with van der Waals surface area (Å²) in [5.41, 5.74) is 12.5. The van der Waals surface area contributed by atoms with Gasteiger partial charge in [0.2, 0.25) is 0 Å². The SMILES string of the molecule is Nc1ncnc2c1ncn2C1CC2COP(=O)(O)OC3C(COP(O)(=S)OC2C1F)OC(n1cnc2c(N)ncnc21)C3F. The van der Waals surface area contributed by atoms with E-state index in [1.165, 1.54) is 28.1 Å². The Morgan fingerprint density at radius 1 is 0.864 bits per heavy atom. The summed E-state index contributed by atoms with van der Waals surface area (Å²) in [5.74, 6) is -0.817. The number of fused-ring (bicyclic) bond motifs is 4. The van der Waals surface area contributed by atoms with Crippen molar-refractivity contribution in [2.45, 2.75) is 49.3 Å². The van der Waals surface area contributed by atoms with E-state index in [1.54, 1.807) is 0 Å². The molecule has 3 aliphatic rings. The normalized spacial score (nSPS) is 38.3. The molecule has 4 aromatic heterocycles. The molecular weight excluding hydrogens is 652 g/mol. The molecule has 1 aliphatic carbocycles. The summed E-state index contributed by atoms with van der Waals surface area (Å²) in [6.45, 7) is -5.45. The molecule has 0 aromatic carbocycles. The topological polar surface area (TPSA) is 243 Å². The molecule has 0 bridgehead atoms. The molecule has 0 spiro atoms. The molecule has 6 N–H and O–H groups in total. The maximum absolute atomic E-state index is 16.0. The van der Waals surface area contributed by atoms with Crippen LogP contribution in [0.2, 0.25) is 0 Å². The number of nitrogens with two attached hydrogens (primary N) is 2. The molecule has 7 rings (SSSR count). The van der Waals surface area contributed by atoms with Crippen molar-refractivity contribution in [2.75, 3.05) is 24.7 Å². The quantitative estimate of drug-likeness (QED) is 0.217. The Labute approximate surface area is 250 Å². The molecule has 4 aromatic rings. The first-order chi connectivity index (χ1) is 20.9. The van der Waals surface area contributed by atoms with Gasteiger partial charge < -0.3 is 39.6 Å². The van der Waals surface area contributed by atoms with Crippen molar-refractivity contribution in [2.24, 2.45) is 5.92 Å². The number of alkyl halides is 2. The molecule has 0 amide bonds. The predicted molar refractivity (Wildman–Crippen MR) is 148 cm³/mol. The Morgan fingerprint density at radius 3 is 2.18 bits per heavy atom. The van der Waals surface area contributed by atoms with E-state index < -0.39 is 76.6 Å². The number of nitrogen functional groups attached to an aromatic ring is 2. The van der Waals surface area contributed by atoms with Gasteiger partial charge in [-0.1, -0.05) is 0 Å². The summed E-state index contributed by atoms with van der Waals surface area (Å²) in [6.07, 6.45) is -5.16. The van der Waals surface area contributed by atoms with Crippen LogP contribution in [0, 0.1) is 5.92 Å². The van der Waals surface area contributed by atoms with E-state index >= 15 is 8.78 Å². The van der Waals surface area contributed by atoms with Gasteiger partial charge >= 0.3 is 14.5 Å². The van der Waals surface area contributed by atoms with Crippen molar-refractivity contribution in [1.82, 2.24) is 39.0 Å². The van der Waals surface area contributed by atoms with Gasteiger partial charge in [-0.25, -0.2) is 43.2 Å². The summed E-state index contributed by atoms with van der Waals surface area (Å²) < 4.78 is 75.0. The highest BCUT2D eigenvalue weighted by atomic mass is 32.5. The average molecular weight is 676 g/mol. The van der Waals surface area contributed by atoms with Gasteiger partial charge in [-0.2, -0.15) is 0 Å². The summed E-state index contributed by atoms with van der Waals surface area (Å²) in [6, 6.07) is -0.978. The van der Waals surface area contributed by atoms with Crippen LogP contribution < -0.4 is 11.5 Å². The molecule has 2 aliphatic heterocycles. The van der Waals surface area contributed by atoms with E-state index in [9.17, 15) is 14.4 Å². The standard InChI is InChI=1S/C21H24F2N10O8P2S/c22-11-9(32-6-30-13-17(24)26-4-28-19(13)32)1-8-2-37-42(34,35)40-16-10(3-38-43(36,44)41-15(8)11)39-21(12(16)23)33-7-31-14-18(25)27-5-29-20(14)33/h4-12,15-16,21H,1-3H2,(H,34,35)(H,36,44)(H2,24,26,28)(H2,25,27,29). The van der Waals surface area contributed by atoms with Crippen molar-refractivity contribution in [3.63, 3.8) is 0 Å². The molecule has 1 saturated carbocycles. The minimum Gasteiger partial charge on any atom is -0.382 e. The minimum atomic E-state index is -4.99. The largest absolute Gasteiger partial charge is 0.472 e. The van der Waals surface area contributed by atoms with Gasteiger partial charge in [0, 0.05) is 5.92 Å². The first kappa shape index (κ1) is 29.8. The van der Waals surface area contributed by atoms with E-state index in [2.05, 4.69) is 29.9 Å². The summed E-state index contributed by atoms with van der Waals surface area (Å²) in [5, 5.41) is 0. The number of nitrogens with zero attached hydrogens (tertiary/aromatic N) is 8. The Kier molecular flexibility index (Phi) is 7.40. The van der Waals surface area contributed by atoms with Gasteiger partial charge in [0.15, 0.2) is 35.3 Å². The van der Waals surface area contributed by atoms with Crippen molar-refractivity contribution in [3.8, 4) is 0 Å². The summed E-state index contributed by atoms with van der Waals surface area (Å²) >= 11 is 5.17. The fraction of sp³-hybridized carbons (Fsp3) is 0.524. The van der Waals surface area contributed by atoms with Crippen LogP contribution in [-0.2, 0) is 39.2 Å². The van der Waals surface area contributed by atoms with Crippen LogP contribution in [0.5, 0.6) is 0 Å². The molecule has 0 radical (unpaired) electrons. The van der Waals surface area contributed by atoms with Crippen LogP contribution in [0.3, 0.4) is 0 Å². The van der Waals surface area contributed by atoms with E-state index in [-0.39, 0.29) is 40.4 Å². The van der Waals surface area contributed by atoms with Gasteiger partial charge in [0.25, 0.3) is 0 Å². The van der Waals surface area contributed by atoms with Crippen molar-refractivity contribution < 1.29 is 46.0 Å². The smallest absolute Gasteiger partial charge is 0.382 e. The monoisotopic (exact) mass is 676 g/mol. The number of rotatable bonds is 2. The first-order valence-electron chi connectivity index (χ1n) is 13.0. The van der Waals surface area contributed by atoms with Crippen LogP contribution in [0.15, 0.2) is 25.3 Å². The highest BCUT2D eigenvalue weighted by Crippen LogP contribution is 2.56. The van der Waals surface area contributed by atoms with E-state index in [0.29, 0.717) is 0 Å². The molecule has 3 fully saturated rings. The number of anilines is 2. The van der Waals surface area contributed by atoms with E-state index in [4.69, 9.17) is 46.1 Å². The second-order valence-electron chi connectivity index (χ2n) is 10.4. The molecule has 10 atom stereocenters. The molecule has 6 heterocycles. The molecule has 236 valence electrons.